The SMILES string of the molecule is CCCC1CC2C3CCC4=CC(=O)CCC4(C)C3=CCC2(C)C1(O)C(=O)CO. The standard InChI is InChI=1S/C24H34O4/c1-4-5-16-13-20-18-7-6-15-12-17(26)8-10-22(15,2)19(18)9-11-23(20,3)24(16,28)21(27)14-25/h9,12,16,18,20,25,28H,4-8,10-11,13-14H2,1-3H3. The van der Waals surface area contributed by atoms with Crippen LogP contribution in [0.3, 0.4) is 0 Å². The second-order valence-electron chi connectivity index (χ2n) is 10.1. The second kappa shape index (κ2) is 6.63. The number of ketones is 2. The van der Waals surface area contributed by atoms with E-state index in [1.807, 2.05) is 6.08 Å². The highest BCUT2D eigenvalue weighted by molar-refractivity contribution is 5.92. The maximum Gasteiger partial charge on any atom is 0.190 e. The normalized spacial score (nSPS) is 44.9. The zero-order chi connectivity index (χ0) is 20.3. The Morgan fingerprint density at radius 3 is 2.71 bits per heavy atom. The number of fused-ring (bicyclic) bond motifs is 5. The predicted octanol–water partition coefficient (Wildman–Crippen LogP) is 3.76. The fourth-order valence-electron chi connectivity index (χ4n) is 7.37. The third-order valence-electron chi connectivity index (χ3n) is 8.93. The largest absolute Gasteiger partial charge is 0.388 e. The van der Waals surface area contributed by atoms with Crippen LogP contribution in [0.25, 0.3) is 0 Å². The third kappa shape index (κ3) is 2.43. The van der Waals surface area contributed by atoms with Crippen LogP contribution >= 0.6 is 0 Å². The van der Waals surface area contributed by atoms with Crippen molar-refractivity contribution in [3.8, 4) is 0 Å². The summed E-state index contributed by atoms with van der Waals surface area (Å²) in [6.07, 6.45) is 10.8. The minimum atomic E-state index is -1.44. The molecule has 2 N–H and O–H groups in total. The lowest BCUT2D eigenvalue weighted by Crippen LogP contribution is -2.58. The Bertz CT molecular complexity index is 765. The molecule has 4 heteroatoms. The van der Waals surface area contributed by atoms with E-state index in [-0.39, 0.29) is 23.0 Å². The molecule has 0 aromatic heterocycles. The molecule has 0 bridgehead atoms. The van der Waals surface area contributed by atoms with Crippen molar-refractivity contribution in [3.05, 3.63) is 23.3 Å². The summed E-state index contributed by atoms with van der Waals surface area (Å²) in [5.74, 6) is 0.366. The van der Waals surface area contributed by atoms with E-state index in [4.69, 9.17) is 0 Å². The van der Waals surface area contributed by atoms with Crippen molar-refractivity contribution in [2.45, 2.75) is 77.7 Å². The van der Waals surface area contributed by atoms with Crippen molar-refractivity contribution < 1.29 is 19.8 Å². The van der Waals surface area contributed by atoms with Crippen LogP contribution in [0.2, 0.25) is 0 Å². The minimum Gasteiger partial charge on any atom is -0.388 e. The van der Waals surface area contributed by atoms with Gasteiger partial charge in [-0.25, -0.2) is 0 Å². The van der Waals surface area contributed by atoms with Crippen LogP contribution in [0.15, 0.2) is 23.3 Å². The van der Waals surface area contributed by atoms with Crippen molar-refractivity contribution in [1.29, 1.82) is 0 Å². The summed E-state index contributed by atoms with van der Waals surface area (Å²) in [6.45, 7) is 5.87. The van der Waals surface area contributed by atoms with E-state index < -0.39 is 23.4 Å². The number of rotatable bonds is 4. The predicted molar refractivity (Wildman–Crippen MR) is 108 cm³/mol. The molecule has 0 aliphatic heterocycles. The first kappa shape index (κ1) is 20.0. The fourth-order valence-corrected chi connectivity index (χ4v) is 7.37. The highest BCUT2D eigenvalue weighted by Crippen LogP contribution is 2.67. The second-order valence-corrected chi connectivity index (χ2v) is 10.1. The quantitative estimate of drug-likeness (QED) is 0.722. The van der Waals surface area contributed by atoms with E-state index >= 15 is 0 Å². The molecule has 0 aromatic rings. The van der Waals surface area contributed by atoms with E-state index in [2.05, 4.69) is 26.8 Å². The van der Waals surface area contributed by atoms with E-state index in [0.29, 0.717) is 18.8 Å². The van der Waals surface area contributed by atoms with Crippen molar-refractivity contribution >= 4 is 11.6 Å². The molecular weight excluding hydrogens is 352 g/mol. The Balaban J connectivity index is 1.77. The molecule has 0 heterocycles. The lowest BCUT2D eigenvalue weighted by Gasteiger charge is -2.54. The molecule has 0 spiro atoms. The van der Waals surface area contributed by atoms with Gasteiger partial charge in [0.15, 0.2) is 11.6 Å². The first-order valence-corrected chi connectivity index (χ1v) is 11.0. The van der Waals surface area contributed by atoms with Crippen molar-refractivity contribution in [3.63, 3.8) is 0 Å². The average Bonchev–Trinajstić information content (AvgIpc) is 2.90. The van der Waals surface area contributed by atoms with Gasteiger partial charge in [-0.05, 0) is 62.4 Å². The number of aliphatic hydroxyl groups is 2. The van der Waals surface area contributed by atoms with Gasteiger partial charge in [0.05, 0.1) is 0 Å². The lowest BCUT2D eigenvalue weighted by molar-refractivity contribution is -0.162. The van der Waals surface area contributed by atoms with Gasteiger partial charge >= 0.3 is 0 Å². The van der Waals surface area contributed by atoms with Crippen LogP contribution in [-0.2, 0) is 9.59 Å². The summed E-state index contributed by atoms with van der Waals surface area (Å²) in [5.41, 5.74) is 0.711. The molecule has 2 fully saturated rings. The average molecular weight is 387 g/mol. The monoisotopic (exact) mass is 386 g/mol. The van der Waals surface area contributed by atoms with Crippen molar-refractivity contribution in [2.24, 2.45) is 28.6 Å². The number of hydrogen-bond acceptors (Lipinski definition) is 4. The number of carbonyl (C=O) groups is 2. The highest BCUT2D eigenvalue weighted by atomic mass is 16.3. The summed E-state index contributed by atoms with van der Waals surface area (Å²) in [5, 5.41) is 21.4. The molecule has 4 aliphatic rings. The zero-order valence-electron chi connectivity index (χ0n) is 17.5. The van der Waals surface area contributed by atoms with Crippen LogP contribution in [-0.4, -0.2) is 34.0 Å². The summed E-state index contributed by atoms with van der Waals surface area (Å²) < 4.78 is 0. The van der Waals surface area contributed by atoms with E-state index in [9.17, 15) is 19.8 Å². The molecule has 28 heavy (non-hydrogen) atoms. The molecule has 6 unspecified atom stereocenters. The van der Waals surface area contributed by atoms with Crippen LogP contribution < -0.4 is 0 Å². The van der Waals surface area contributed by atoms with Gasteiger partial charge in [0.1, 0.15) is 12.2 Å². The minimum absolute atomic E-state index is 0.0416. The van der Waals surface area contributed by atoms with Gasteiger partial charge in [-0.1, -0.05) is 44.4 Å². The van der Waals surface area contributed by atoms with Gasteiger partial charge in [0, 0.05) is 17.3 Å². The molecule has 6 atom stereocenters. The molecule has 4 rings (SSSR count). The van der Waals surface area contributed by atoms with Crippen LogP contribution in [0.5, 0.6) is 0 Å². The summed E-state index contributed by atoms with van der Waals surface area (Å²) in [4.78, 5) is 24.8. The van der Waals surface area contributed by atoms with Crippen molar-refractivity contribution in [2.75, 3.05) is 6.61 Å². The molecule has 0 radical (unpaired) electrons. The van der Waals surface area contributed by atoms with Gasteiger partial charge in [0.25, 0.3) is 0 Å². The molecular formula is C24H34O4. The highest BCUT2D eigenvalue weighted by Gasteiger charge is 2.67. The smallest absolute Gasteiger partial charge is 0.190 e. The summed E-state index contributed by atoms with van der Waals surface area (Å²) in [7, 11) is 0. The Morgan fingerprint density at radius 2 is 2.04 bits per heavy atom. The number of hydrogen-bond donors (Lipinski definition) is 2. The van der Waals surface area contributed by atoms with Crippen LogP contribution in [0, 0.1) is 28.6 Å². The first-order chi connectivity index (χ1) is 13.2. The van der Waals surface area contributed by atoms with E-state index in [1.54, 1.807) is 0 Å². The third-order valence-corrected chi connectivity index (χ3v) is 8.93. The first-order valence-electron chi connectivity index (χ1n) is 11.0. The Labute approximate surface area is 168 Å². The lowest BCUT2D eigenvalue weighted by atomic mass is 9.50. The Hall–Kier alpha value is -1.26. The molecule has 0 amide bonds. The summed E-state index contributed by atoms with van der Waals surface area (Å²) in [6, 6.07) is 0. The molecule has 2 saturated carbocycles. The van der Waals surface area contributed by atoms with E-state index in [0.717, 1.165) is 38.5 Å². The maximum atomic E-state index is 12.8. The molecule has 0 saturated heterocycles. The molecule has 154 valence electrons. The summed E-state index contributed by atoms with van der Waals surface area (Å²) >= 11 is 0. The molecule has 4 aliphatic carbocycles. The number of carbonyl (C=O) groups excluding carboxylic acids is 2. The zero-order valence-corrected chi connectivity index (χ0v) is 17.5. The van der Waals surface area contributed by atoms with Gasteiger partial charge in [0.2, 0.25) is 0 Å². The van der Waals surface area contributed by atoms with Gasteiger partial charge < -0.3 is 10.2 Å². The van der Waals surface area contributed by atoms with Gasteiger partial charge in [-0.3, -0.25) is 9.59 Å². The van der Waals surface area contributed by atoms with E-state index in [1.165, 1.54) is 11.1 Å². The maximum absolute atomic E-state index is 12.8. The number of aliphatic hydroxyl groups excluding tert-OH is 1. The molecule has 4 nitrogen and oxygen atoms in total. The Kier molecular flexibility index (Phi) is 4.74. The fraction of sp³-hybridized carbons (Fsp3) is 0.750. The number of allylic oxidation sites excluding steroid dienone is 4. The topological polar surface area (TPSA) is 74.6 Å². The Morgan fingerprint density at radius 1 is 1.29 bits per heavy atom. The molecule has 0 aromatic carbocycles. The van der Waals surface area contributed by atoms with Gasteiger partial charge in [-0.2, -0.15) is 0 Å². The van der Waals surface area contributed by atoms with Crippen LogP contribution in [0.1, 0.15) is 72.1 Å². The van der Waals surface area contributed by atoms with Crippen molar-refractivity contribution in [1.82, 2.24) is 0 Å². The van der Waals surface area contributed by atoms with Gasteiger partial charge in [-0.15, -0.1) is 0 Å². The number of Topliss-reactive ketones (excluding diaryl/α,β-unsaturated/α-hetero) is 1. The van der Waals surface area contributed by atoms with Crippen LogP contribution in [0.4, 0.5) is 0 Å².